The van der Waals surface area contributed by atoms with Crippen LogP contribution in [0.15, 0.2) is 29.8 Å². The van der Waals surface area contributed by atoms with E-state index in [0.717, 1.165) is 11.6 Å². The number of hydrogen-bond donors (Lipinski definition) is 1. The first-order valence-corrected chi connectivity index (χ1v) is 6.43. The zero-order chi connectivity index (χ0) is 14.4. The molecule has 0 spiro atoms. The molecule has 20 heavy (non-hydrogen) atoms. The predicted molar refractivity (Wildman–Crippen MR) is 76.6 cm³/mol. The minimum absolute atomic E-state index is 0.224. The van der Waals surface area contributed by atoms with Crippen LogP contribution in [0.3, 0.4) is 0 Å². The van der Waals surface area contributed by atoms with Crippen LogP contribution in [0, 0.1) is 0 Å². The first-order chi connectivity index (χ1) is 9.72. The summed E-state index contributed by atoms with van der Waals surface area (Å²) in [5, 5.41) is 3.26. The van der Waals surface area contributed by atoms with E-state index < -0.39 is 0 Å². The molecule has 2 rings (SSSR count). The van der Waals surface area contributed by atoms with E-state index in [-0.39, 0.29) is 6.23 Å². The van der Waals surface area contributed by atoms with Crippen molar-refractivity contribution in [3.63, 3.8) is 0 Å². The van der Waals surface area contributed by atoms with E-state index in [9.17, 15) is 0 Å². The molecular weight excluding hydrogens is 256 g/mol. The Morgan fingerprint density at radius 3 is 2.65 bits per heavy atom. The molecule has 0 radical (unpaired) electrons. The van der Waals surface area contributed by atoms with Crippen molar-refractivity contribution < 1.29 is 4.74 Å². The molecule has 0 saturated carbocycles. The van der Waals surface area contributed by atoms with Crippen LogP contribution in [0.25, 0.3) is 0 Å². The minimum atomic E-state index is -0.224. The first-order valence-electron chi connectivity index (χ1n) is 6.43. The van der Waals surface area contributed by atoms with Crippen molar-refractivity contribution in [3.8, 4) is 0 Å². The van der Waals surface area contributed by atoms with E-state index in [1.165, 1.54) is 0 Å². The molecule has 1 unspecified atom stereocenters. The highest BCUT2D eigenvalue weighted by atomic mass is 16.5. The van der Waals surface area contributed by atoms with Gasteiger partial charge < -0.3 is 13.9 Å². The fraction of sp³-hybridized carbons (Fsp3) is 0.462. The number of aryl methyl sites for hydroxylation is 2. The summed E-state index contributed by atoms with van der Waals surface area (Å²) in [7, 11) is 5.54. The number of aliphatic imine (C=N–C) groups is 1. The van der Waals surface area contributed by atoms with E-state index in [2.05, 4.69) is 20.3 Å². The molecule has 7 nitrogen and oxygen atoms in total. The second-order valence-corrected chi connectivity index (χ2v) is 4.40. The number of methoxy groups -OCH3 is 1. The van der Waals surface area contributed by atoms with Crippen molar-refractivity contribution >= 4 is 6.21 Å². The zero-order valence-corrected chi connectivity index (χ0v) is 12.0. The molecule has 0 aliphatic carbocycles. The summed E-state index contributed by atoms with van der Waals surface area (Å²) in [4.78, 5) is 12.8. The average Bonchev–Trinajstić information content (AvgIpc) is 3.03. The van der Waals surface area contributed by atoms with E-state index in [4.69, 9.17) is 4.74 Å². The lowest BCUT2D eigenvalue weighted by atomic mass is 10.4. The van der Waals surface area contributed by atoms with Gasteiger partial charge in [-0.15, -0.1) is 0 Å². The van der Waals surface area contributed by atoms with Crippen molar-refractivity contribution in [1.29, 1.82) is 0 Å². The first kappa shape index (κ1) is 14.4. The normalized spacial score (nSPS) is 13.2. The Kier molecular flexibility index (Phi) is 5.03. The van der Waals surface area contributed by atoms with Crippen LogP contribution in [0.4, 0.5) is 0 Å². The third-order valence-electron chi connectivity index (χ3n) is 2.96. The predicted octanol–water partition coefficient (Wildman–Crippen LogP) is 0.507. The summed E-state index contributed by atoms with van der Waals surface area (Å²) in [5.74, 6) is 1.69. The molecule has 1 atom stereocenters. The summed E-state index contributed by atoms with van der Waals surface area (Å²) < 4.78 is 9.23. The van der Waals surface area contributed by atoms with Gasteiger partial charge in [0.25, 0.3) is 0 Å². The Labute approximate surface area is 118 Å². The van der Waals surface area contributed by atoms with Crippen LogP contribution >= 0.6 is 0 Å². The summed E-state index contributed by atoms with van der Waals surface area (Å²) in [6, 6.07) is 0. The van der Waals surface area contributed by atoms with E-state index >= 15 is 0 Å². The molecule has 2 heterocycles. The molecule has 0 aromatic carbocycles. The summed E-state index contributed by atoms with van der Waals surface area (Å²) in [6.07, 6.45) is 8.83. The standard InChI is InChI=1S/C13H20N6O/c1-18-8-6-15-11(18)10-14-4-5-17-13(20-3)12-16-7-9-19(12)2/h6-10,13,17H,4-5H2,1-3H3. The fourth-order valence-electron chi connectivity index (χ4n) is 1.82. The third kappa shape index (κ3) is 3.52. The Morgan fingerprint density at radius 2 is 2.05 bits per heavy atom. The summed E-state index contributed by atoms with van der Waals surface area (Å²) in [5.41, 5.74) is 0. The molecule has 0 bridgehead atoms. The van der Waals surface area contributed by atoms with Crippen molar-refractivity contribution in [2.45, 2.75) is 6.23 Å². The van der Waals surface area contributed by atoms with Gasteiger partial charge in [-0.25, -0.2) is 9.97 Å². The van der Waals surface area contributed by atoms with Crippen molar-refractivity contribution in [3.05, 3.63) is 36.4 Å². The van der Waals surface area contributed by atoms with Crippen LogP contribution in [0.1, 0.15) is 17.9 Å². The molecule has 0 fully saturated rings. The number of nitrogens with zero attached hydrogens (tertiary/aromatic N) is 5. The quantitative estimate of drug-likeness (QED) is 0.454. The maximum Gasteiger partial charge on any atom is 0.166 e. The van der Waals surface area contributed by atoms with Crippen LogP contribution in [0.5, 0.6) is 0 Å². The molecule has 0 aliphatic heterocycles. The van der Waals surface area contributed by atoms with Crippen LogP contribution in [0.2, 0.25) is 0 Å². The molecule has 0 aliphatic rings. The van der Waals surface area contributed by atoms with Crippen LogP contribution in [-0.2, 0) is 18.8 Å². The Hall–Kier alpha value is -1.99. The van der Waals surface area contributed by atoms with Crippen molar-refractivity contribution in [2.24, 2.45) is 19.1 Å². The van der Waals surface area contributed by atoms with Gasteiger partial charge in [0, 0.05) is 52.5 Å². The van der Waals surface area contributed by atoms with E-state index in [0.29, 0.717) is 13.1 Å². The number of ether oxygens (including phenoxy) is 1. The van der Waals surface area contributed by atoms with Gasteiger partial charge in [0.05, 0.1) is 12.8 Å². The Balaban J connectivity index is 1.79. The molecule has 0 saturated heterocycles. The Bertz CT molecular complexity index is 559. The monoisotopic (exact) mass is 276 g/mol. The highest BCUT2D eigenvalue weighted by Crippen LogP contribution is 2.09. The third-order valence-corrected chi connectivity index (χ3v) is 2.96. The Morgan fingerprint density at radius 1 is 1.30 bits per heavy atom. The van der Waals surface area contributed by atoms with Gasteiger partial charge in [0.1, 0.15) is 5.82 Å². The molecule has 2 aromatic rings. The lowest BCUT2D eigenvalue weighted by Gasteiger charge is -2.16. The SMILES string of the molecule is COC(NCCN=Cc1nccn1C)c1nccn1C. The number of aromatic nitrogens is 4. The minimum Gasteiger partial charge on any atom is -0.359 e. The van der Waals surface area contributed by atoms with Crippen LogP contribution in [-0.4, -0.2) is 45.5 Å². The zero-order valence-electron chi connectivity index (χ0n) is 12.0. The summed E-state index contributed by atoms with van der Waals surface area (Å²) in [6.45, 7) is 1.35. The van der Waals surface area contributed by atoms with Crippen LogP contribution < -0.4 is 5.32 Å². The summed E-state index contributed by atoms with van der Waals surface area (Å²) >= 11 is 0. The average molecular weight is 276 g/mol. The van der Waals surface area contributed by atoms with Gasteiger partial charge in [0.15, 0.2) is 12.1 Å². The lowest BCUT2D eigenvalue weighted by molar-refractivity contribution is 0.0654. The largest absolute Gasteiger partial charge is 0.359 e. The van der Waals surface area contributed by atoms with Crippen molar-refractivity contribution in [2.75, 3.05) is 20.2 Å². The molecule has 2 aromatic heterocycles. The molecule has 108 valence electrons. The number of rotatable bonds is 7. The maximum absolute atomic E-state index is 5.38. The topological polar surface area (TPSA) is 69.3 Å². The van der Waals surface area contributed by atoms with Gasteiger partial charge in [-0.05, 0) is 0 Å². The van der Waals surface area contributed by atoms with E-state index in [1.807, 2.05) is 35.6 Å². The van der Waals surface area contributed by atoms with Gasteiger partial charge in [-0.3, -0.25) is 10.3 Å². The fourth-order valence-corrected chi connectivity index (χ4v) is 1.82. The molecule has 7 heteroatoms. The van der Waals surface area contributed by atoms with Gasteiger partial charge in [-0.1, -0.05) is 0 Å². The molecule has 1 N–H and O–H groups in total. The van der Waals surface area contributed by atoms with Gasteiger partial charge >= 0.3 is 0 Å². The number of nitrogens with one attached hydrogen (secondary N) is 1. The highest BCUT2D eigenvalue weighted by Gasteiger charge is 2.13. The van der Waals surface area contributed by atoms with Crippen molar-refractivity contribution in [1.82, 2.24) is 24.4 Å². The van der Waals surface area contributed by atoms with E-state index in [1.54, 1.807) is 25.7 Å². The molecule has 0 amide bonds. The van der Waals surface area contributed by atoms with Gasteiger partial charge in [0.2, 0.25) is 0 Å². The smallest absolute Gasteiger partial charge is 0.166 e. The second-order valence-electron chi connectivity index (χ2n) is 4.40. The lowest BCUT2D eigenvalue weighted by Crippen LogP contribution is -2.27. The maximum atomic E-state index is 5.38. The second kappa shape index (κ2) is 6.97. The van der Waals surface area contributed by atoms with Gasteiger partial charge in [-0.2, -0.15) is 0 Å². The number of hydrogen-bond acceptors (Lipinski definition) is 5. The number of imidazole rings is 2. The molecular formula is C13H20N6O. The highest BCUT2D eigenvalue weighted by molar-refractivity contribution is 5.74.